The first-order valence-corrected chi connectivity index (χ1v) is 5.09. The van der Waals surface area contributed by atoms with Crippen molar-refractivity contribution in [1.29, 1.82) is 0 Å². The zero-order chi connectivity index (χ0) is 13.1. The molecule has 0 aliphatic carbocycles. The number of aromatic nitrogens is 1. The Kier molecular flexibility index (Phi) is 3.38. The minimum absolute atomic E-state index is 0.128. The molecule has 0 aliphatic heterocycles. The van der Waals surface area contributed by atoms with Crippen LogP contribution in [0.2, 0.25) is 0 Å². The lowest BCUT2D eigenvalue weighted by Crippen LogP contribution is -1.93. The molecule has 0 fully saturated rings. The smallest absolute Gasteiger partial charge is 0.374 e. The zero-order valence-corrected chi connectivity index (χ0v) is 9.51. The van der Waals surface area contributed by atoms with Crippen LogP contribution in [0.5, 0.6) is 0 Å². The van der Waals surface area contributed by atoms with Gasteiger partial charge < -0.3 is 14.4 Å². The summed E-state index contributed by atoms with van der Waals surface area (Å²) in [5.74, 6) is -1.85. The van der Waals surface area contributed by atoms with Crippen LogP contribution in [0.3, 0.4) is 0 Å². The van der Waals surface area contributed by atoms with Gasteiger partial charge in [-0.25, -0.2) is 9.18 Å². The highest BCUT2D eigenvalue weighted by molar-refractivity contribution is 5.85. The first kappa shape index (κ1) is 12.3. The van der Waals surface area contributed by atoms with E-state index >= 15 is 0 Å². The predicted molar refractivity (Wildman–Crippen MR) is 59.6 cm³/mol. The molecule has 0 atom stereocenters. The van der Waals surface area contributed by atoms with Crippen molar-refractivity contribution in [2.45, 2.75) is 6.61 Å². The first-order chi connectivity index (χ1) is 8.61. The highest BCUT2D eigenvalue weighted by Gasteiger charge is 2.13. The summed E-state index contributed by atoms with van der Waals surface area (Å²) in [6.07, 6.45) is 0. The number of benzene rings is 1. The molecule has 0 bridgehead atoms. The van der Waals surface area contributed by atoms with Gasteiger partial charge in [0.15, 0.2) is 0 Å². The van der Waals surface area contributed by atoms with Crippen LogP contribution < -0.4 is 0 Å². The normalized spacial score (nSPS) is 10.6. The average molecular weight is 251 g/mol. The molecule has 0 unspecified atom stereocenters. The fourth-order valence-electron chi connectivity index (χ4n) is 1.51. The Labute approximate surface area is 102 Å². The van der Waals surface area contributed by atoms with Gasteiger partial charge >= 0.3 is 5.97 Å². The van der Waals surface area contributed by atoms with Gasteiger partial charge in [-0.05, 0) is 18.2 Å². The van der Waals surface area contributed by atoms with E-state index in [0.29, 0.717) is 16.8 Å². The molecule has 1 aromatic carbocycles. The second-order valence-corrected chi connectivity index (χ2v) is 3.62. The topological polar surface area (TPSA) is 72.6 Å². The van der Waals surface area contributed by atoms with Crippen molar-refractivity contribution in [2.24, 2.45) is 0 Å². The van der Waals surface area contributed by atoms with Gasteiger partial charge in [-0.1, -0.05) is 5.16 Å². The van der Waals surface area contributed by atoms with Crippen molar-refractivity contribution in [3.8, 4) is 11.3 Å². The second kappa shape index (κ2) is 4.97. The number of carbonyl (C=O) groups is 1. The zero-order valence-electron chi connectivity index (χ0n) is 9.51. The van der Waals surface area contributed by atoms with E-state index in [4.69, 9.17) is 9.84 Å². The molecule has 0 saturated heterocycles. The van der Waals surface area contributed by atoms with Crippen LogP contribution >= 0.6 is 0 Å². The van der Waals surface area contributed by atoms with Crippen molar-refractivity contribution >= 4 is 5.97 Å². The third-order valence-electron chi connectivity index (χ3n) is 2.36. The standard InChI is InChI=1S/C12H10FNO4/c1-17-6-8-4-7(2-3-9(8)13)10-5-11(12(15)16)18-14-10/h2-5H,6H2,1H3,(H,15,16). The molecule has 1 heterocycles. The van der Waals surface area contributed by atoms with Crippen LogP contribution in [0.1, 0.15) is 16.1 Å². The van der Waals surface area contributed by atoms with Crippen molar-refractivity contribution in [2.75, 3.05) is 7.11 Å². The van der Waals surface area contributed by atoms with Gasteiger partial charge in [0.25, 0.3) is 0 Å². The molecule has 0 spiro atoms. The van der Waals surface area contributed by atoms with Crippen molar-refractivity contribution in [3.63, 3.8) is 0 Å². The number of ether oxygens (including phenoxy) is 1. The van der Waals surface area contributed by atoms with Gasteiger partial charge in [0.1, 0.15) is 11.5 Å². The van der Waals surface area contributed by atoms with E-state index in [-0.39, 0.29) is 18.2 Å². The summed E-state index contributed by atoms with van der Waals surface area (Å²) >= 11 is 0. The number of carboxylic acid groups (broad SMARTS) is 1. The summed E-state index contributed by atoms with van der Waals surface area (Å²) in [5.41, 5.74) is 1.28. The van der Waals surface area contributed by atoms with Crippen molar-refractivity contribution in [3.05, 3.63) is 41.4 Å². The fourth-order valence-corrected chi connectivity index (χ4v) is 1.51. The van der Waals surface area contributed by atoms with E-state index < -0.39 is 5.97 Å². The molecule has 0 aliphatic rings. The highest BCUT2D eigenvalue weighted by atomic mass is 19.1. The van der Waals surface area contributed by atoms with E-state index in [1.165, 1.54) is 25.3 Å². The number of carboxylic acids is 1. The minimum atomic E-state index is -1.20. The number of rotatable bonds is 4. The Morgan fingerprint density at radius 2 is 2.28 bits per heavy atom. The predicted octanol–water partition coefficient (Wildman–Crippen LogP) is 2.33. The molecular weight excluding hydrogens is 241 g/mol. The largest absolute Gasteiger partial charge is 0.475 e. The second-order valence-electron chi connectivity index (χ2n) is 3.62. The third kappa shape index (κ3) is 2.38. The molecule has 2 aromatic rings. The monoisotopic (exact) mass is 251 g/mol. The van der Waals surface area contributed by atoms with Gasteiger partial charge in [-0.3, -0.25) is 0 Å². The molecular formula is C12H10FNO4. The van der Waals surface area contributed by atoms with Crippen LogP contribution in [0.4, 0.5) is 4.39 Å². The number of halogens is 1. The fraction of sp³-hybridized carbons (Fsp3) is 0.167. The molecule has 0 saturated carbocycles. The summed E-state index contributed by atoms with van der Waals surface area (Å²) in [5, 5.41) is 12.3. The Bertz CT molecular complexity index is 579. The van der Waals surface area contributed by atoms with Crippen LogP contribution in [0.15, 0.2) is 28.8 Å². The van der Waals surface area contributed by atoms with Gasteiger partial charge in [0.2, 0.25) is 5.76 Å². The third-order valence-corrected chi connectivity index (χ3v) is 2.36. The Hall–Kier alpha value is -2.21. The van der Waals surface area contributed by atoms with E-state index in [2.05, 4.69) is 9.68 Å². The maximum absolute atomic E-state index is 13.4. The molecule has 2 rings (SSSR count). The summed E-state index contributed by atoms with van der Waals surface area (Å²) in [7, 11) is 1.46. The number of hydrogen-bond acceptors (Lipinski definition) is 4. The Morgan fingerprint density at radius 3 is 2.89 bits per heavy atom. The van der Waals surface area contributed by atoms with Crippen LogP contribution in [-0.2, 0) is 11.3 Å². The SMILES string of the molecule is COCc1cc(-c2cc(C(=O)O)on2)ccc1F. The Morgan fingerprint density at radius 1 is 1.50 bits per heavy atom. The molecule has 1 aromatic heterocycles. The molecule has 1 N–H and O–H groups in total. The average Bonchev–Trinajstić information content (AvgIpc) is 2.82. The maximum Gasteiger partial charge on any atom is 0.374 e. The molecule has 0 radical (unpaired) electrons. The number of nitrogens with zero attached hydrogens (tertiary/aromatic N) is 1. The van der Waals surface area contributed by atoms with Crippen molar-refractivity contribution in [1.82, 2.24) is 5.16 Å². The molecule has 18 heavy (non-hydrogen) atoms. The summed E-state index contributed by atoms with van der Waals surface area (Å²) in [6.45, 7) is 0.128. The van der Waals surface area contributed by atoms with Gasteiger partial charge in [0, 0.05) is 24.3 Å². The van der Waals surface area contributed by atoms with E-state index in [9.17, 15) is 9.18 Å². The Balaban J connectivity index is 2.37. The molecule has 5 nitrogen and oxygen atoms in total. The maximum atomic E-state index is 13.4. The van der Waals surface area contributed by atoms with E-state index in [1.807, 2.05) is 0 Å². The lowest BCUT2D eigenvalue weighted by molar-refractivity contribution is 0.0652. The van der Waals surface area contributed by atoms with Gasteiger partial charge in [-0.2, -0.15) is 0 Å². The van der Waals surface area contributed by atoms with Crippen LogP contribution in [0, 0.1) is 5.82 Å². The van der Waals surface area contributed by atoms with Gasteiger partial charge in [0.05, 0.1) is 6.61 Å². The quantitative estimate of drug-likeness (QED) is 0.902. The highest BCUT2D eigenvalue weighted by Crippen LogP contribution is 2.22. The summed E-state index contributed by atoms with van der Waals surface area (Å²) < 4.78 is 22.9. The number of hydrogen-bond donors (Lipinski definition) is 1. The van der Waals surface area contributed by atoms with Crippen LogP contribution in [-0.4, -0.2) is 23.3 Å². The number of aromatic carboxylic acids is 1. The van der Waals surface area contributed by atoms with E-state index in [1.54, 1.807) is 6.07 Å². The lowest BCUT2D eigenvalue weighted by atomic mass is 10.1. The number of methoxy groups -OCH3 is 1. The van der Waals surface area contributed by atoms with Crippen molar-refractivity contribution < 1.29 is 23.6 Å². The summed E-state index contributed by atoms with van der Waals surface area (Å²) in [4.78, 5) is 10.7. The van der Waals surface area contributed by atoms with Gasteiger partial charge in [-0.15, -0.1) is 0 Å². The first-order valence-electron chi connectivity index (χ1n) is 5.09. The lowest BCUT2D eigenvalue weighted by Gasteiger charge is -2.03. The molecule has 0 amide bonds. The minimum Gasteiger partial charge on any atom is -0.475 e. The summed E-state index contributed by atoms with van der Waals surface area (Å²) in [6, 6.07) is 5.60. The molecule has 94 valence electrons. The van der Waals surface area contributed by atoms with Crippen LogP contribution in [0.25, 0.3) is 11.3 Å². The van der Waals surface area contributed by atoms with E-state index in [0.717, 1.165) is 0 Å². The molecule has 6 heteroatoms.